The van der Waals surface area contributed by atoms with Gasteiger partial charge in [0.25, 0.3) is 0 Å². The zero-order valence-electron chi connectivity index (χ0n) is 14.5. The van der Waals surface area contributed by atoms with Gasteiger partial charge in [-0.2, -0.15) is 0 Å². The summed E-state index contributed by atoms with van der Waals surface area (Å²) < 4.78 is 18.9. The van der Waals surface area contributed by atoms with Gasteiger partial charge in [-0.05, 0) is 12.1 Å². The van der Waals surface area contributed by atoms with Gasteiger partial charge in [0, 0.05) is 56.5 Å². The van der Waals surface area contributed by atoms with Crippen LogP contribution < -0.4 is 0 Å². The van der Waals surface area contributed by atoms with Gasteiger partial charge in [-0.25, -0.2) is 4.39 Å². The van der Waals surface area contributed by atoms with Gasteiger partial charge in [0.15, 0.2) is 0 Å². The fraction of sp³-hybridized carbons (Fsp3) is 0.611. The van der Waals surface area contributed by atoms with E-state index in [0.717, 1.165) is 43.4 Å². The molecule has 25 heavy (non-hydrogen) atoms. The maximum Gasteiger partial charge on any atom is 0.236 e. The monoisotopic (exact) mass is 367 g/mol. The summed E-state index contributed by atoms with van der Waals surface area (Å²) in [6.07, 6.45) is 0. The SMILES string of the molecule is O=C(CN1CCN(CCSc2ccccc2F)CC1)N1CCOCC1. The second-order valence-corrected chi connectivity index (χ2v) is 7.53. The Labute approximate surface area is 153 Å². The number of halogens is 1. The van der Waals surface area contributed by atoms with Crippen molar-refractivity contribution in [2.24, 2.45) is 0 Å². The molecule has 1 amide bonds. The molecule has 3 rings (SSSR count). The average Bonchev–Trinajstić information content (AvgIpc) is 2.65. The molecule has 0 saturated carbocycles. The summed E-state index contributed by atoms with van der Waals surface area (Å²) in [6.45, 7) is 7.96. The van der Waals surface area contributed by atoms with Gasteiger partial charge in [-0.3, -0.25) is 14.6 Å². The summed E-state index contributed by atoms with van der Waals surface area (Å²) in [7, 11) is 0. The second-order valence-electron chi connectivity index (χ2n) is 6.39. The number of piperazine rings is 1. The van der Waals surface area contributed by atoms with E-state index < -0.39 is 0 Å². The quantitative estimate of drug-likeness (QED) is 0.711. The number of rotatable bonds is 6. The molecule has 0 spiro atoms. The van der Waals surface area contributed by atoms with Crippen molar-refractivity contribution in [3.63, 3.8) is 0 Å². The fourth-order valence-corrected chi connectivity index (χ4v) is 4.07. The van der Waals surface area contributed by atoms with E-state index in [-0.39, 0.29) is 11.7 Å². The molecule has 0 bridgehead atoms. The maximum atomic E-state index is 13.6. The van der Waals surface area contributed by atoms with Crippen LogP contribution in [-0.4, -0.2) is 91.9 Å². The normalized spacial score (nSPS) is 20.0. The number of carbonyl (C=O) groups is 1. The van der Waals surface area contributed by atoms with Crippen molar-refractivity contribution < 1.29 is 13.9 Å². The first kappa shape index (κ1) is 18.6. The Morgan fingerprint density at radius 1 is 1.04 bits per heavy atom. The van der Waals surface area contributed by atoms with Crippen LogP contribution >= 0.6 is 11.8 Å². The molecule has 2 aliphatic heterocycles. The van der Waals surface area contributed by atoms with Crippen molar-refractivity contribution in [1.82, 2.24) is 14.7 Å². The lowest BCUT2D eigenvalue weighted by atomic mass is 10.3. The minimum atomic E-state index is -0.140. The van der Waals surface area contributed by atoms with Crippen LogP contribution in [0.3, 0.4) is 0 Å². The molecule has 2 aliphatic rings. The van der Waals surface area contributed by atoms with E-state index in [0.29, 0.717) is 32.8 Å². The Morgan fingerprint density at radius 2 is 1.72 bits per heavy atom. The lowest BCUT2D eigenvalue weighted by molar-refractivity contribution is -0.136. The number of morpholine rings is 1. The number of benzene rings is 1. The Bertz CT molecular complexity index is 561. The lowest BCUT2D eigenvalue weighted by Crippen LogP contribution is -2.51. The summed E-state index contributed by atoms with van der Waals surface area (Å²) in [5.74, 6) is 0.957. The predicted octanol–water partition coefficient (Wildman–Crippen LogP) is 1.39. The number of thioether (sulfide) groups is 1. The predicted molar refractivity (Wildman–Crippen MR) is 97.4 cm³/mol. The molecule has 2 fully saturated rings. The van der Waals surface area contributed by atoms with E-state index in [1.165, 1.54) is 6.07 Å². The highest BCUT2D eigenvalue weighted by Gasteiger charge is 2.22. The number of nitrogens with zero attached hydrogens (tertiary/aromatic N) is 3. The number of hydrogen-bond donors (Lipinski definition) is 0. The largest absolute Gasteiger partial charge is 0.378 e. The highest BCUT2D eigenvalue weighted by molar-refractivity contribution is 7.99. The van der Waals surface area contributed by atoms with Crippen molar-refractivity contribution in [1.29, 1.82) is 0 Å². The summed E-state index contributed by atoms with van der Waals surface area (Å²) in [6, 6.07) is 6.92. The van der Waals surface area contributed by atoms with Gasteiger partial charge in [0.1, 0.15) is 5.82 Å². The first-order chi connectivity index (χ1) is 12.2. The first-order valence-corrected chi connectivity index (χ1v) is 9.88. The summed E-state index contributed by atoms with van der Waals surface area (Å²) >= 11 is 1.57. The van der Waals surface area contributed by atoms with Crippen molar-refractivity contribution in [2.45, 2.75) is 4.90 Å². The van der Waals surface area contributed by atoms with E-state index in [2.05, 4.69) is 9.80 Å². The Balaban J connectivity index is 1.33. The Hall–Kier alpha value is -1.15. The number of amides is 1. The van der Waals surface area contributed by atoms with Gasteiger partial charge in [0.05, 0.1) is 19.8 Å². The van der Waals surface area contributed by atoms with Crippen LogP contribution in [0.5, 0.6) is 0 Å². The third kappa shape index (κ3) is 5.67. The van der Waals surface area contributed by atoms with Crippen molar-refractivity contribution in [3.8, 4) is 0 Å². The number of carbonyl (C=O) groups excluding carboxylic acids is 1. The third-order valence-corrected chi connectivity index (χ3v) is 5.72. The molecule has 0 radical (unpaired) electrons. The van der Waals surface area contributed by atoms with Crippen LogP contribution in [0.15, 0.2) is 29.2 Å². The summed E-state index contributed by atoms with van der Waals surface area (Å²) in [5.41, 5.74) is 0. The molecule has 1 aromatic carbocycles. The topological polar surface area (TPSA) is 36.0 Å². The van der Waals surface area contributed by atoms with Crippen LogP contribution in [0.2, 0.25) is 0 Å². The van der Waals surface area contributed by atoms with Crippen LogP contribution in [-0.2, 0) is 9.53 Å². The molecule has 5 nitrogen and oxygen atoms in total. The van der Waals surface area contributed by atoms with Crippen LogP contribution in [0, 0.1) is 5.82 Å². The average molecular weight is 367 g/mol. The summed E-state index contributed by atoms with van der Waals surface area (Å²) in [5, 5.41) is 0. The zero-order chi connectivity index (χ0) is 17.5. The molecule has 0 aliphatic carbocycles. The van der Waals surface area contributed by atoms with Crippen molar-refractivity contribution in [2.75, 3.05) is 71.3 Å². The standard InChI is InChI=1S/C18H26FN3O2S/c19-16-3-1-2-4-17(16)25-14-11-20-5-7-21(8-6-20)15-18(23)22-9-12-24-13-10-22/h1-4H,5-15H2. The fourth-order valence-electron chi connectivity index (χ4n) is 3.12. The number of ether oxygens (including phenoxy) is 1. The first-order valence-electron chi connectivity index (χ1n) is 8.90. The van der Waals surface area contributed by atoms with Crippen LogP contribution in [0.25, 0.3) is 0 Å². The highest BCUT2D eigenvalue weighted by Crippen LogP contribution is 2.21. The van der Waals surface area contributed by atoms with Crippen molar-refractivity contribution in [3.05, 3.63) is 30.1 Å². The van der Waals surface area contributed by atoms with Gasteiger partial charge in [0.2, 0.25) is 5.91 Å². The minimum Gasteiger partial charge on any atom is -0.378 e. The van der Waals surface area contributed by atoms with Gasteiger partial charge < -0.3 is 9.64 Å². The minimum absolute atomic E-state index is 0.140. The Kier molecular flexibility index (Phi) is 7.10. The maximum absolute atomic E-state index is 13.6. The van der Waals surface area contributed by atoms with E-state index >= 15 is 0 Å². The molecular weight excluding hydrogens is 341 g/mol. The highest BCUT2D eigenvalue weighted by atomic mass is 32.2. The van der Waals surface area contributed by atoms with E-state index in [9.17, 15) is 9.18 Å². The lowest BCUT2D eigenvalue weighted by Gasteiger charge is -2.36. The Morgan fingerprint density at radius 3 is 2.44 bits per heavy atom. The van der Waals surface area contributed by atoms with Gasteiger partial charge in [-0.1, -0.05) is 12.1 Å². The van der Waals surface area contributed by atoms with E-state index in [1.54, 1.807) is 17.8 Å². The second kappa shape index (κ2) is 9.52. The molecule has 2 heterocycles. The van der Waals surface area contributed by atoms with E-state index in [4.69, 9.17) is 4.74 Å². The molecule has 7 heteroatoms. The smallest absolute Gasteiger partial charge is 0.236 e. The molecule has 0 unspecified atom stereocenters. The molecule has 1 aromatic rings. The molecule has 2 saturated heterocycles. The van der Waals surface area contributed by atoms with Gasteiger partial charge >= 0.3 is 0 Å². The van der Waals surface area contributed by atoms with Crippen LogP contribution in [0.4, 0.5) is 4.39 Å². The molecule has 0 atom stereocenters. The molecule has 0 aromatic heterocycles. The molecular formula is C18H26FN3O2S. The van der Waals surface area contributed by atoms with Gasteiger partial charge in [-0.15, -0.1) is 11.8 Å². The molecule has 0 N–H and O–H groups in total. The van der Waals surface area contributed by atoms with E-state index in [1.807, 2.05) is 17.0 Å². The third-order valence-electron chi connectivity index (χ3n) is 4.69. The van der Waals surface area contributed by atoms with Crippen molar-refractivity contribution >= 4 is 17.7 Å². The molecule has 138 valence electrons. The van der Waals surface area contributed by atoms with Crippen LogP contribution in [0.1, 0.15) is 0 Å². The zero-order valence-corrected chi connectivity index (χ0v) is 15.3. The number of hydrogen-bond acceptors (Lipinski definition) is 5. The summed E-state index contributed by atoms with van der Waals surface area (Å²) in [4.78, 5) is 19.5.